The number of non-ortho nitro benzene ring substituents is 1. The number of hydrazone groups is 1. The maximum atomic E-state index is 12.1. The second-order valence-electron chi connectivity index (χ2n) is 7.07. The number of carbonyl (C=O) groups excluding carboxylic acids is 1. The lowest BCUT2D eigenvalue weighted by atomic mass is 10.1. The number of rotatable bonds is 10. The molecule has 3 rings (SSSR count). The van der Waals surface area contributed by atoms with Crippen molar-refractivity contribution in [2.75, 3.05) is 6.61 Å². The van der Waals surface area contributed by atoms with Gasteiger partial charge in [0, 0.05) is 16.6 Å². The highest BCUT2D eigenvalue weighted by atomic mass is 127. The van der Waals surface area contributed by atoms with E-state index in [2.05, 4.69) is 49.0 Å². The topological polar surface area (TPSA) is 103 Å². The molecule has 1 amide bonds. The lowest BCUT2D eigenvalue weighted by molar-refractivity contribution is -0.384. The van der Waals surface area contributed by atoms with Crippen LogP contribution in [0.15, 0.2) is 70.2 Å². The molecule has 0 radical (unpaired) electrons. The molecule has 3 aromatic carbocycles. The molecule has 0 fully saturated rings. The second kappa shape index (κ2) is 12.5. The van der Waals surface area contributed by atoms with Gasteiger partial charge in [-0.3, -0.25) is 14.9 Å². The fraction of sp³-hybridized carbons (Fsp3) is 0.167. The van der Waals surface area contributed by atoms with Crippen LogP contribution in [0, 0.1) is 13.7 Å². The fourth-order valence-corrected chi connectivity index (χ4v) is 3.99. The molecule has 0 aliphatic rings. The maximum absolute atomic E-state index is 12.1. The monoisotopic (exact) mass is 637 g/mol. The van der Waals surface area contributed by atoms with Crippen LogP contribution in [0.1, 0.15) is 23.6 Å². The molecule has 0 bridgehead atoms. The minimum Gasteiger partial charge on any atom is -0.490 e. The Hall–Kier alpha value is -2.99. The van der Waals surface area contributed by atoms with Gasteiger partial charge in [0.1, 0.15) is 6.61 Å². The minimum absolute atomic E-state index is 0.0286. The SMILES string of the molecule is CCOc1cc(/C=N/NC(=O)Cc2ccc(Br)cc2)cc(I)c1OCc1ccc([N+](=O)[O-])cc1. The highest BCUT2D eigenvalue weighted by Crippen LogP contribution is 2.34. The quantitative estimate of drug-likeness (QED) is 0.134. The third kappa shape index (κ3) is 7.52. The van der Waals surface area contributed by atoms with Crippen LogP contribution in [0.3, 0.4) is 0 Å². The predicted molar refractivity (Wildman–Crippen MR) is 141 cm³/mol. The number of nitrogens with zero attached hydrogens (tertiary/aromatic N) is 2. The zero-order chi connectivity index (χ0) is 24.5. The number of nitro benzene ring substituents is 1. The van der Waals surface area contributed by atoms with Crippen molar-refractivity contribution in [2.24, 2.45) is 5.10 Å². The molecular formula is C24H21BrIN3O5. The Bertz CT molecular complexity index is 1180. The van der Waals surface area contributed by atoms with Gasteiger partial charge in [-0.25, -0.2) is 5.43 Å². The number of hydrogen-bond acceptors (Lipinski definition) is 6. The Balaban J connectivity index is 1.65. The molecule has 8 nitrogen and oxygen atoms in total. The van der Waals surface area contributed by atoms with Crippen molar-refractivity contribution in [1.82, 2.24) is 5.43 Å². The van der Waals surface area contributed by atoms with Gasteiger partial charge in [0.15, 0.2) is 11.5 Å². The van der Waals surface area contributed by atoms with Crippen molar-refractivity contribution in [3.63, 3.8) is 0 Å². The summed E-state index contributed by atoms with van der Waals surface area (Å²) in [5.74, 6) is 0.887. The standard InChI is InChI=1S/C24H21BrIN3O5/c1-2-33-22-12-18(14-27-28-23(30)13-16-3-7-19(25)8-4-16)11-21(26)24(22)34-15-17-5-9-20(10-6-17)29(31)32/h3-12,14H,2,13,15H2,1H3,(H,28,30)/b27-14+. The lowest BCUT2D eigenvalue weighted by Crippen LogP contribution is -2.19. The van der Waals surface area contributed by atoms with Crippen molar-refractivity contribution in [2.45, 2.75) is 20.0 Å². The Morgan fingerprint density at radius 3 is 2.44 bits per heavy atom. The molecule has 0 unspecified atom stereocenters. The van der Waals surface area contributed by atoms with Gasteiger partial charge in [0.25, 0.3) is 5.69 Å². The van der Waals surface area contributed by atoms with Crippen LogP contribution in [0.5, 0.6) is 11.5 Å². The van der Waals surface area contributed by atoms with Crippen LogP contribution in [0.2, 0.25) is 0 Å². The first kappa shape index (κ1) is 25.6. The molecule has 34 heavy (non-hydrogen) atoms. The molecule has 1 N–H and O–H groups in total. The number of nitro groups is 1. The summed E-state index contributed by atoms with van der Waals surface area (Å²) in [6, 6.07) is 17.4. The molecule has 0 spiro atoms. The predicted octanol–water partition coefficient (Wildman–Crippen LogP) is 5.63. The van der Waals surface area contributed by atoms with E-state index >= 15 is 0 Å². The van der Waals surface area contributed by atoms with Crippen LogP contribution in [-0.2, 0) is 17.8 Å². The van der Waals surface area contributed by atoms with Gasteiger partial charge in [-0.2, -0.15) is 5.10 Å². The Kier molecular flexibility index (Phi) is 9.40. The first-order valence-electron chi connectivity index (χ1n) is 10.2. The summed E-state index contributed by atoms with van der Waals surface area (Å²) < 4.78 is 13.5. The zero-order valence-corrected chi connectivity index (χ0v) is 21.9. The number of hydrogen-bond donors (Lipinski definition) is 1. The zero-order valence-electron chi connectivity index (χ0n) is 18.2. The average molecular weight is 638 g/mol. The van der Waals surface area contributed by atoms with E-state index in [4.69, 9.17) is 9.47 Å². The summed E-state index contributed by atoms with van der Waals surface area (Å²) >= 11 is 5.51. The molecule has 0 aliphatic carbocycles. The van der Waals surface area contributed by atoms with Crippen LogP contribution in [0.4, 0.5) is 5.69 Å². The Morgan fingerprint density at radius 1 is 1.12 bits per heavy atom. The molecule has 0 aromatic heterocycles. The Morgan fingerprint density at radius 2 is 1.79 bits per heavy atom. The summed E-state index contributed by atoms with van der Waals surface area (Å²) in [7, 11) is 0. The van der Waals surface area contributed by atoms with E-state index in [0.717, 1.165) is 24.7 Å². The third-order valence-electron chi connectivity index (χ3n) is 4.54. The van der Waals surface area contributed by atoms with Crippen molar-refractivity contribution >= 4 is 56.3 Å². The van der Waals surface area contributed by atoms with E-state index in [1.54, 1.807) is 24.4 Å². The molecule has 0 atom stereocenters. The van der Waals surface area contributed by atoms with Crippen LogP contribution in [0.25, 0.3) is 0 Å². The highest BCUT2D eigenvalue weighted by molar-refractivity contribution is 14.1. The summed E-state index contributed by atoms with van der Waals surface area (Å²) in [5, 5.41) is 14.9. The van der Waals surface area contributed by atoms with Crippen molar-refractivity contribution in [1.29, 1.82) is 0 Å². The third-order valence-corrected chi connectivity index (χ3v) is 5.87. The van der Waals surface area contributed by atoms with Crippen LogP contribution in [-0.4, -0.2) is 23.7 Å². The molecule has 0 saturated carbocycles. The number of carbonyl (C=O) groups is 1. The normalized spacial score (nSPS) is 10.8. The van der Waals surface area contributed by atoms with Gasteiger partial charge >= 0.3 is 0 Å². The number of amides is 1. The first-order valence-corrected chi connectivity index (χ1v) is 12.1. The van der Waals surface area contributed by atoms with E-state index in [1.165, 1.54) is 12.1 Å². The molecule has 10 heteroatoms. The largest absolute Gasteiger partial charge is 0.490 e. The van der Waals surface area contributed by atoms with Gasteiger partial charge in [-0.1, -0.05) is 28.1 Å². The highest BCUT2D eigenvalue weighted by Gasteiger charge is 2.13. The molecule has 0 heterocycles. The second-order valence-corrected chi connectivity index (χ2v) is 9.15. The van der Waals surface area contributed by atoms with Crippen molar-refractivity contribution in [3.8, 4) is 11.5 Å². The Labute approximate surface area is 218 Å². The van der Waals surface area contributed by atoms with E-state index in [9.17, 15) is 14.9 Å². The van der Waals surface area contributed by atoms with Gasteiger partial charge in [0.05, 0.1) is 27.7 Å². The van der Waals surface area contributed by atoms with E-state index in [1.807, 2.05) is 37.3 Å². The van der Waals surface area contributed by atoms with Crippen LogP contribution >= 0.6 is 38.5 Å². The molecular weight excluding hydrogens is 617 g/mol. The number of nitrogens with one attached hydrogen (secondary N) is 1. The number of ether oxygens (including phenoxy) is 2. The number of halogens is 2. The van der Waals surface area contributed by atoms with E-state index in [-0.39, 0.29) is 24.6 Å². The lowest BCUT2D eigenvalue weighted by Gasteiger charge is -2.14. The van der Waals surface area contributed by atoms with E-state index in [0.29, 0.717) is 18.1 Å². The fourth-order valence-electron chi connectivity index (χ4n) is 2.94. The number of benzene rings is 3. The van der Waals surface area contributed by atoms with Crippen molar-refractivity contribution in [3.05, 3.63) is 95.5 Å². The maximum Gasteiger partial charge on any atom is 0.269 e. The van der Waals surface area contributed by atoms with Gasteiger partial charge in [0.2, 0.25) is 5.91 Å². The van der Waals surface area contributed by atoms with E-state index < -0.39 is 4.92 Å². The van der Waals surface area contributed by atoms with Gasteiger partial charge in [-0.05, 0) is 82.6 Å². The summed E-state index contributed by atoms with van der Waals surface area (Å²) in [4.78, 5) is 22.5. The van der Waals surface area contributed by atoms with Gasteiger partial charge in [-0.15, -0.1) is 0 Å². The molecule has 176 valence electrons. The smallest absolute Gasteiger partial charge is 0.269 e. The minimum atomic E-state index is -0.440. The molecule has 0 aliphatic heterocycles. The summed E-state index contributed by atoms with van der Waals surface area (Å²) in [5.41, 5.74) is 4.98. The molecule has 0 saturated heterocycles. The molecule has 3 aromatic rings. The first-order chi connectivity index (χ1) is 16.4. The van der Waals surface area contributed by atoms with Crippen LogP contribution < -0.4 is 14.9 Å². The summed E-state index contributed by atoms with van der Waals surface area (Å²) in [6.45, 7) is 2.54. The van der Waals surface area contributed by atoms with Gasteiger partial charge < -0.3 is 9.47 Å². The van der Waals surface area contributed by atoms with Crippen molar-refractivity contribution < 1.29 is 19.2 Å². The summed E-state index contributed by atoms with van der Waals surface area (Å²) in [6.07, 6.45) is 1.77. The average Bonchev–Trinajstić information content (AvgIpc) is 2.80.